The van der Waals surface area contributed by atoms with Crippen molar-refractivity contribution in [1.29, 1.82) is 0 Å². The molecule has 0 aliphatic rings. The highest BCUT2D eigenvalue weighted by Crippen LogP contribution is 2.34. The second-order valence-corrected chi connectivity index (χ2v) is 13.5. The van der Waals surface area contributed by atoms with Gasteiger partial charge in [0, 0.05) is 17.3 Å². The van der Waals surface area contributed by atoms with Crippen LogP contribution in [-0.2, 0) is 30.1 Å². The Morgan fingerprint density at radius 2 is 1.58 bits per heavy atom. The number of carbonyl (C=O) groups is 2. The van der Waals surface area contributed by atoms with Crippen LogP contribution >= 0.6 is 0 Å². The van der Waals surface area contributed by atoms with E-state index in [9.17, 15) is 14.7 Å². The van der Waals surface area contributed by atoms with Gasteiger partial charge in [-0.1, -0.05) is 84.7 Å². The Morgan fingerprint density at radius 1 is 1.00 bits per heavy atom. The summed E-state index contributed by atoms with van der Waals surface area (Å²) >= 11 is 0. The number of ether oxygens (including phenoxy) is 2. The number of aliphatic hydroxyl groups is 1. The third-order valence-corrected chi connectivity index (χ3v) is 9.12. The van der Waals surface area contributed by atoms with E-state index in [0.29, 0.717) is 18.8 Å². The van der Waals surface area contributed by atoms with Gasteiger partial charge in [0.2, 0.25) is 0 Å². The molecule has 36 heavy (non-hydrogen) atoms. The average molecular weight is 523 g/mol. The maximum Gasteiger partial charge on any atom is 0.308 e. The predicted octanol–water partition coefficient (Wildman–Crippen LogP) is 5.24. The van der Waals surface area contributed by atoms with Crippen LogP contribution in [-0.4, -0.2) is 51.0 Å². The van der Waals surface area contributed by atoms with Crippen molar-refractivity contribution >= 4 is 21.5 Å². The van der Waals surface area contributed by atoms with Crippen LogP contribution in [0.2, 0.25) is 5.54 Å². The lowest BCUT2D eigenvalue weighted by Gasteiger charge is -2.37. The number of aliphatic hydroxyl groups excluding tert-OH is 1. The van der Waals surface area contributed by atoms with Gasteiger partial charge in [0.1, 0.15) is 11.4 Å². The molecule has 7 heteroatoms. The van der Waals surface area contributed by atoms with Gasteiger partial charge in [-0.25, -0.2) is 0 Å². The van der Waals surface area contributed by atoms with Crippen molar-refractivity contribution in [3.63, 3.8) is 0 Å². The van der Waals surface area contributed by atoms with Gasteiger partial charge in [0.15, 0.2) is 9.76 Å². The molecule has 0 saturated carbocycles. The van der Waals surface area contributed by atoms with E-state index in [1.54, 1.807) is 6.92 Å². The Kier molecular flexibility index (Phi) is 13.5. The molecule has 1 aromatic carbocycles. The van der Waals surface area contributed by atoms with Gasteiger partial charge in [-0.3, -0.25) is 9.59 Å². The number of benzene rings is 1. The van der Waals surface area contributed by atoms with Crippen molar-refractivity contribution in [3.8, 4) is 0 Å². The van der Waals surface area contributed by atoms with E-state index in [2.05, 4.69) is 13.8 Å². The van der Waals surface area contributed by atoms with Crippen molar-refractivity contribution < 1.29 is 28.6 Å². The minimum atomic E-state index is -0.958. The number of Topliss-reactive ketones (excluding diaryl/α,β-unsaturated/α-hetero) is 1. The Hall–Kier alpha value is -1.54. The topological polar surface area (TPSA) is 82.1 Å². The summed E-state index contributed by atoms with van der Waals surface area (Å²) in [7, 11) is -0.958. The molecule has 0 amide bonds. The van der Waals surface area contributed by atoms with Gasteiger partial charge in [0.25, 0.3) is 0 Å². The maximum atomic E-state index is 13.7. The second-order valence-electron chi connectivity index (χ2n) is 11.6. The zero-order chi connectivity index (χ0) is 27.5. The standard InChI is InChI=1S/C29H50O6Si/c1-10-23(11-2)36-35-24(17-25(30)34-28(5,6)7)29(8,9)27(32)21(4)26(31)20(3)18-33-19-22-15-13-12-14-16-22/h12-16,20-21,23-24,26,31H,10-11,17-19,36H2,1-9H3. The second kappa shape index (κ2) is 15.0. The van der Waals surface area contributed by atoms with Crippen molar-refractivity contribution in [2.24, 2.45) is 17.3 Å². The maximum absolute atomic E-state index is 13.7. The van der Waals surface area contributed by atoms with E-state index >= 15 is 0 Å². The highest BCUT2D eigenvalue weighted by Gasteiger charge is 2.43. The van der Waals surface area contributed by atoms with E-state index in [-0.39, 0.29) is 24.1 Å². The SMILES string of the molecule is CCC(CC)[SiH2]OC(CC(=O)OC(C)(C)C)C(C)(C)C(=O)C(C)C(O)C(C)COCc1ccccc1. The summed E-state index contributed by atoms with van der Waals surface area (Å²) in [6.07, 6.45) is 0.594. The van der Waals surface area contributed by atoms with Crippen molar-refractivity contribution in [1.82, 2.24) is 0 Å². The highest BCUT2D eigenvalue weighted by atomic mass is 28.2. The summed E-state index contributed by atoms with van der Waals surface area (Å²) in [5.41, 5.74) is -0.0163. The third-order valence-electron chi connectivity index (χ3n) is 6.90. The fourth-order valence-electron chi connectivity index (χ4n) is 4.26. The highest BCUT2D eigenvalue weighted by molar-refractivity contribution is 6.29. The Labute approximate surface area is 221 Å². The molecular weight excluding hydrogens is 472 g/mol. The Morgan fingerprint density at radius 3 is 2.11 bits per heavy atom. The number of esters is 1. The van der Waals surface area contributed by atoms with E-state index in [1.165, 1.54) is 0 Å². The summed E-state index contributed by atoms with van der Waals surface area (Å²) < 4.78 is 17.7. The lowest BCUT2D eigenvalue weighted by atomic mass is 9.73. The van der Waals surface area contributed by atoms with Crippen LogP contribution in [0.15, 0.2) is 30.3 Å². The predicted molar refractivity (Wildman–Crippen MR) is 147 cm³/mol. The molecule has 206 valence electrons. The fourth-order valence-corrected chi connectivity index (χ4v) is 5.77. The van der Waals surface area contributed by atoms with Crippen molar-refractivity contribution in [2.75, 3.05) is 6.61 Å². The van der Waals surface area contributed by atoms with E-state index in [4.69, 9.17) is 13.9 Å². The molecule has 0 radical (unpaired) electrons. The molecule has 0 saturated heterocycles. The van der Waals surface area contributed by atoms with Gasteiger partial charge in [-0.05, 0) is 31.9 Å². The number of carbonyl (C=O) groups excluding carboxylic acids is 2. The molecule has 0 fully saturated rings. The molecule has 6 nitrogen and oxygen atoms in total. The van der Waals surface area contributed by atoms with Crippen molar-refractivity contribution in [2.45, 2.75) is 112 Å². The summed E-state index contributed by atoms with van der Waals surface area (Å²) in [5.74, 6) is -1.35. The van der Waals surface area contributed by atoms with Crippen LogP contribution < -0.4 is 0 Å². The molecule has 4 unspecified atom stereocenters. The first-order valence-electron chi connectivity index (χ1n) is 13.4. The van der Waals surface area contributed by atoms with Crippen LogP contribution in [0, 0.1) is 17.3 Å². The van der Waals surface area contributed by atoms with Crippen LogP contribution in [0.1, 0.15) is 87.1 Å². The van der Waals surface area contributed by atoms with Crippen LogP contribution in [0.25, 0.3) is 0 Å². The number of hydrogen-bond donors (Lipinski definition) is 1. The minimum Gasteiger partial charge on any atom is -0.460 e. The molecule has 0 aliphatic heterocycles. The Balaban J connectivity index is 2.90. The summed E-state index contributed by atoms with van der Waals surface area (Å²) in [5, 5.41) is 11.0. The normalized spacial score (nSPS) is 16.2. The molecule has 1 N–H and O–H groups in total. The zero-order valence-electron chi connectivity index (χ0n) is 24.0. The van der Waals surface area contributed by atoms with Gasteiger partial charge >= 0.3 is 5.97 Å². The first kappa shape index (κ1) is 32.5. The molecular formula is C29H50O6Si. The molecule has 4 atom stereocenters. The molecule has 1 aromatic rings. The van der Waals surface area contributed by atoms with Crippen LogP contribution in [0.3, 0.4) is 0 Å². The first-order chi connectivity index (χ1) is 16.7. The van der Waals surface area contributed by atoms with E-state index in [1.807, 2.05) is 71.9 Å². The molecule has 0 spiro atoms. The lowest BCUT2D eigenvalue weighted by Crippen LogP contribution is -2.47. The Bertz CT molecular complexity index is 785. The quantitative estimate of drug-likeness (QED) is 0.236. The molecule has 1 rings (SSSR count). The van der Waals surface area contributed by atoms with E-state index in [0.717, 1.165) is 18.4 Å². The largest absolute Gasteiger partial charge is 0.460 e. The number of ketones is 1. The fraction of sp³-hybridized carbons (Fsp3) is 0.724. The zero-order valence-corrected chi connectivity index (χ0v) is 25.4. The first-order valence-corrected chi connectivity index (χ1v) is 14.8. The summed E-state index contributed by atoms with van der Waals surface area (Å²) in [4.78, 5) is 26.4. The third kappa shape index (κ3) is 10.8. The van der Waals surface area contributed by atoms with Gasteiger partial charge in [0.05, 0.1) is 31.8 Å². The smallest absolute Gasteiger partial charge is 0.308 e. The number of rotatable bonds is 16. The molecule has 0 aliphatic carbocycles. The van der Waals surface area contributed by atoms with E-state index < -0.39 is 38.9 Å². The lowest BCUT2D eigenvalue weighted by molar-refractivity contribution is -0.159. The minimum absolute atomic E-state index is 0.0156. The average Bonchev–Trinajstić information content (AvgIpc) is 2.81. The van der Waals surface area contributed by atoms with Crippen LogP contribution in [0.4, 0.5) is 0 Å². The summed E-state index contributed by atoms with van der Waals surface area (Å²) in [6, 6.07) is 9.86. The molecule has 0 bridgehead atoms. The van der Waals surface area contributed by atoms with Crippen molar-refractivity contribution in [3.05, 3.63) is 35.9 Å². The number of hydrogen-bond acceptors (Lipinski definition) is 6. The van der Waals surface area contributed by atoms with Gasteiger partial charge in [-0.2, -0.15) is 0 Å². The van der Waals surface area contributed by atoms with Gasteiger partial charge < -0.3 is 19.0 Å². The molecule has 0 heterocycles. The van der Waals surface area contributed by atoms with Gasteiger partial charge in [-0.15, -0.1) is 0 Å². The molecule has 0 aromatic heterocycles. The van der Waals surface area contributed by atoms with Crippen LogP contribution in [0.5, 0.6) is 0 Å². The monoisotopic (exact) mass is 522 g/mol. The summed E-state index contributed by atoms with van der Waals surface area (Å²) in [6.45, 7) is 17.9.